The van der Waals surface area contributed by atoms with E-state index in [2.05, 4.69) is 158 Å². The molecule has 7 aromatic carbocycles. The summed E-state index contributed by atoms with van der Waals surface area (Å²) in [5.41, 5.74) is 8.93. The molecule has 0 spiro atoms. The zero-order valence-corrected chi connectivity index (χ0v) is 29.6. The third-order valence-electron chi connectivity index (χ3n) is 9.91. The van der Waals surface area contributed by atoms with Gasteiger partial charge >= 0.3 is 0 Å². The summed E-state index contributed by atoms with van der Waals surface area (Å²) in [6, 6.07) is 57.0. The molecule has 5 heteroatoms. The molecule has 0 saturated heterocycles. The molecule has 0 atom stereocenters. The van der Waals surface area contributed by atoms with E-state index in [1.165, 1.54) is 72.7 Å². The lowest BCUT2D eigenvalue weighted by Crippen LogP contribution is -1.94. The number of aromatic nitrogens is 2. The van der Waals surface area contributed by atoms with Crippen molar-refractivity contribution in [3.63, 3.8) is 0 Å². The van der Waals surface area contributed by atoms with Crippen molar-refractivity contribution in [2.75, 3.05) is 0 Å². The van der Waals surface area contributed by atoms with Gasteiger partial charge < -0.3 is 0 Å². The first-order chi connectivity index (χ1) is 25.3. The monoisotopic (exact) mass is 702 g/mol. The molecular weight excluding hydrogens is 677 g/mol. The van der Waals surface area contributed by atoms with Gasteiger partial charge in [-0.3, -0.25) is 0 Å². The van der Waals surface area contributed by atoms with Crippen LogP contribution in [0.4, 0.5) is 0 Å². The van der Waals surface area contributed by atoms with Crippen molar-refractivity contribution in [3.05, 3.63) is 158 Å². The summed E-state index contributed by atoms with van der Waals surface area (Å²) in [4.78, 5) is 10.7. The second kappa shape index (κ2) is 11.4. The van der Waals surface area contributed by atoms with E-state index in [-0.39, 0.29) is 0 Å². The Morgan fingerprint density at radius 3 is 1.41 bits per heavy atom. The number of hydrogen-bond donors (Lipinski definition) is 0. The quantitative estimate of drug-likeness (QED) is 0.182. The minimum Gasteiger partial charge on any atom is -0.226 e. The molecular formula is C46H26N2S3. The van der Waals surface area contributed by atoms with Crippen LogP contribution in [0, 0.1) is 0 Å². The van der Waals surface area contributed by atoms with Crippen molar-refractivity contribution >= 4 is 94.7 Å². The van der Waals surface area contributed by atoms with Crippen LogP contribution >= 0.6 is 34.0 Å². The SMILES string of the molecule is c1cc(-c2nc(-c3cccc(-c4cccc5c4sc4ccccc45)c3)c3sc4ccccc4c3n2)cc(-c2cccc3c2sc2ccccc23)c1. The first-order valence-corrected chi connectivity index (χ1v) is 19.4. The van der Waals surface area contributed by atoms with Gasteiger partial charge in [0, 0.05) is 61.6 Å². The average molecular weight is 703 g/mol. The molecule has 0 saturated carbocycles. The largest absolute Gasteiger partial charge is 0.226 e. The normalized spacial score (nSPS) is 11.9. The predicted octanol–water partition coefficient (Wildman–Crippen LogP) is 14.2. The molecule has 0 radical (unpaired) electrons. The van der Waals surface area contributed by atoms with Gasteiger partial charge in [-0.25, -0.2) is 9.97 Å². The number of rotatable bonds is 4. The second-order valence-corrected chi connectivity index (χ2v) is 16.1. The minimum atomic E-state index is 0.739. The Labute approximate surface area is 305 Å². The highest BCUT2D eigenvalue weighted by Gasteiger charge is 2.19. The highest BCUT2D eigenvalue weighted by atomic mass is 32.1. The molecule has 4 heterocycles. The van der Waals surface area contributed by atoms with E-state index in [4.69, 9.17) is 9.97 Å². The third kappa shape index (κ3) is 4.59. The molecule has 0 amide bonds. The van der Waals surface area contributed by atoms with E-state index >= 15 is 0 Å². The average Bonchev–Trinajstić information content (AvgIpc) is 3.89. The highest BCUT2D eigenvalue weighted by Crippen LogP contribution is 2.44. The van der Waals surface area contributed by atoms with Crippen molar-refractivity contribution in [1.82, 2.24) is 9.97 Å². The molecule has 0 aliphatic heterocycles. The van der Waals surface area contributed by atoms with Gasteiger partial charge in [0.25, 0.3) is 0 Å². The molecule has 0 bridgehead atoms. The summed E-state index contributed by atoms with van der Waals surface area (Å²) >= 11 is 5.51. The first-order valence-electron chi connectivity index (χ1n) is 17.0. The summed E-state index contributed by atoms with van der Waals surface area (Å²) in [5.74, 6) is 0.739. The van der Waals surface area contributed by atoms with Crippen LogP contribution < -0.4 is 0 Å². The van der Waals surface area contributed by atoms with Gasteiger partial charge in [0.2, 0.25) is 0 Å². The highest BCUT2D eigenvalue weighted by molar-refractivity contribution is 7.27. The number of thiophene rings is 3. The van der Waals surface area contributed by atoms with Crippen LogP contribution in [-0.4, -0.2) is 9.97 Å². The molecule has 4 aromatic heterocycles. The number of hydrogen-bond acceptors (Lipinski definition) is 5. The van der Waals surface area contributed by atoms with Gasteiger partial charge in [-0.2, -0.15) is 0 Å². The molecule has 0 aliphatic carbocycles. The second-order valence-electron chi connectivity index (χ2n) is 12.9. The van der Waals surface area contributed by atoms with Crippen LogP contribution in [0.5, 0.6) is 0 Å². The Bertz CT molecular complexity index is 3160. The van der Waals surface area contributed by atoms with E-state index in [0.29, 0.717) is 0 Å². The predicted molar refractivity (Wildman–Crippen MR) is 222 cm³/mol. The van der Waals surface area contributed by atoms with Crippen LogP contribution in [-0.2, 0) is 0 Å². The smallest absolute Gasteiger partial charge is 0.160 e. The first kappa shape index (κ1) is 29.1. The zero-order chi connectivity index (χ0) is 33.5. The van der Waals surface area contributed by atoms with Crippen LogP contribution in [0.3, 0.4) is 0 Å². The van der Waals surface area contributed by atoms with E-state index in [1.807, 2.05) is 22.7 Å². The Morgan fingerprint density at radius 2 is 0.784 bits per heavy atom. The van der Waals surface area contributed by atoms with E-state index in [9.17, 15) is 0 Å². The van der Waals surface area contributed by atoms with Crippen molar-refractivity contribution < 1.29 is 0 Å². The molecule has 0 unspecified atom stereocenters. The van der Waals surface area contributed by atoms with Crippen molar-refractivity contribution in [2.24, 2.45) is 0 Å². The summed E-state index contributed by atoms with van der Waals surface area (Å²) in [5, 5.41) is 6.40. The number of nitrogens with zero attached hydrogens (tertiary/aromatic N) is 2. The maximum Gasteiger partial charge on any atom is 0.160 e. The van der Waals surface area contributed by atoms with E-state index in [1.54, 1.807) is 11.3 Å². The lowest BCUT2D eigenvalue weighted by Gasteiger charge is -2.11. The molecule has 11 rings (SSSR count). The molecule has 0 N–H and O–H groups in total. The van der Waals surface area contributed by atoms with Crippen LogP contribution in [0.15, 0.2) is 158 Å². The Morgan fingerprint density at radius 1 is 0.333 bits per heavy atom. The number of fused-ring (bicyclic) bond motifs is 9. The van der Waals surface area contributed by atoms with E-state index < -0.39 is 0 Å². The summed E-state index contributed by atoms with van der Waals surface area (Å²) in [6.45, 7) is 0. The fourth-order valence-electron chi connectivity index (χ4n) is 7.52. The lowest BCUT2D eigenvalue weighted by atomic mass is 9.99. The van der Waals surface area contributed by atoms with Crippen molar-refractivity contribution in [2.45, 2.75) is 0 Å². The van der Waals surface area contributed by atoms with Gasteiger partial charge in [-0.05, 0) is 52.6 Å². The maximum atomic E-state index is 5.40. The third-order valence-corrected chi connectivity index (χ3v) is 13.5. The molecule has 11 aromatic rings. The molecule has 238 valence electrons. The minimum absolute atomic E-state index is 0.739. The fourth-order valence-corrected chi connectivity index (χ4v) is 11.2. The Balaban J connectivity index is 1.10. The maximum absolute atomic E-state index is 5.40. The van der Waals surface area contributed by atoms with Crippen molar-refractivity contribution in [3.8, 4) is 44.9 Å². The van der Waals surface area contributed by atoms with Gasteiger partial charge in [0.05, 0.1) is 15.9 Å². The van der Waals surface area contributed by atoms with E-state index in [0.717, 1.165) is 32.9 Å². The zero-order valence-electron chi connectivity index (χ0n) is 27.1. The van der Waals surface area contributed by atoms with Gasteiger partial charge in [-0.1, -0.05) is 127 Å². The van der Waals surface area contributed by atoms with Gasteiger partial charge in [-0.15, -0.1) is 34.0 Å². The molecule has 51 heavy (non-hydrogen) atoms. The summed E-state index contributed by atoms with van der Waals surface area (Å²) in [6.07, 6.45) is 0. The Kier molecular flexibility index (Phi) is 6.50. The summed E-state index contributed by atoms with van der Waals surface area (Å²) in [7, 11) is 0. The molecule has 0 fully saturated rings. The van der Waals surface area contributed by atoms with Gasteiger partial charge in [0.15, 0.2) is 5.82 Å². The van der Waals surface area contributed by atoms with Crippen LogP contribution in [0.1, 0.15) is 0 Å². The number of benzene rings is 7. The summed E-state index contributed by atoms with van der Waals surface area (Å²) < 4.78 is 7.58. The van der Waals surface area contributed by atoms with Gasteiger partial charge in [0.1, 0.15) is 0 Å². The molecule has 2 nitrogen and oxygen atoms in total. The van der Waals surface area contributed by atoms with Crippen molar-refractivity contribution in [1.29, 1.82) is 0 Å². The van der Waals surface area contributed by atoms with Crippen LogP contribution in [0.25, 0.3) is 106 Å². The fraction of sp³-hybridized carbons (Fsp3) is 0. The van der Waals surface area contributed by atoms with Crippen LogP contribution in [0.2, 0.25) is 0 Å². The Hall–Kier alpha value is -5.72. The molecule has 0 aliphatic rings. The lowest BCUT2D eigenvalue weighted by molar-refractivity contribution is 1.24. The topological polar surface area (TPSA) is 25.8 Å². The standard InChI is InChI=1S/C46H26N2S3/c1-4-22-38-33(15-1)35-20-9-18-31(43(35)49-38)27-11-7-13-29(25-27)41-45-42(37-17-3-6-24-40(37)51-45)48-46(47-41)30-14-8-12-28(26-30)32-19-10-21-36-34-16-2-5-23-39(34)50-44(32)36/h1-26H.